The highest BCUT2D eigenvalue weighted by molar-refractivity contribution is 5.67. The summed E-state index contributed by atoms with van der Waals surface area (Å²) in [4.78, 5) is 16.2. The molecule has 1 saturated carbocycles. The highest BCUT2D eigenvalue weighted by Crippen LogP contribution is 2.35. The zero-order chi connectivity index (χ0) is 15.8. The lowest BCUT2D eigenvalue weighted by molar-refractivity contribution is 0.323. The molecule has 2 heterocycles. The third-order valence-corrected chi connectivity index (χ3v) is 4.87. The topological polar surface area (TPSA) is 44.1 Å². The summed E-state index contributed by atoms with van der Waals surface area (Å²) in [6.07, 6.45) is 6.20. The van der Waals surface area contributed by atoms with E-state index in [2.05, 4.69) is 23.2 Å². The molecule has 1 aromatic carbocycles. The van der Waals surface area contributed by atoms with Crippen LogP contribution in [0.4, 0.5) is 0 Å². The van der Waals surface area contributed by atoms with E-state index in [0.717, 1.165) is 23.6 Å². The molecule has 0 atom stereocenters. The van der Waals surface area contributed by atoms with Gasteiger partial charge in [-0.3, -0.25) is 4.57 Å². The van der Waals surface area contributed by atoms with Crippen LogP contribution in [-0.4, -0.2) is 16.2 Å². The van der Waals surface area contributed by atoms with Crippen molar-refractivity contribution in [1.82, 2.24) is 9.55 Å². The Morgan fingerprint density at radius 1 is 1.30 bits per heavy atom. The van der Waals surface area contributed by atoms with Gasteiger partial charge in [0.15, 0.2) is 0 Å². The fourth-order valence-corrected chi connectivity index (χ4v) is 3.41. The van der Waals surface area contributed by atoms with E-state index in [1.807, 2.05) is 13.0 Å². The molecule has 0 radical (unpaired) electrons. The van der Waals surface area contributed by atoms with E-state index in [9.17, 15) is 4.79 Å². The molecule has 2 aliphatic rings. The normalized spacial score (nSPS) is 15.9. The number of benzene rings is 1. The highest BCUT2D eigenvalue weighted by atomic mass is 16.5. The van der Waals surface area contributed by atoms with Crippen molar-refractivity contribution in [3.63, 3.8) is 0 Å². The highest BCUT2D eigenvalue weighted by Gasteiger charge is 2.22. The molecule has 4 heteroatoms. The minimum atomic E-state index is -0.214. The summed E-state index contributed by atoms with van der Waals surface area (Å²) < 4.78 is 7.20. The minimum Gasteiger partial charge on any atom is -0.478 e. The van der Waals surface area contributed by atoms with Gasteiger partial charge in [-0.25, -0.2) is 4.79 Å². The second-order valence-electron chi connectivity index (χ2n) is 6.57. The Bertz CT molecular complexity index is 790. The van der Waals surface area contributed by atoms with Crippen LogP contribution in [0, 0.1) is 5.92 Å². The van der Waals surface area contributed by atoms with Crippen LogP contribution in [0.25, 0.3) is 11.3 Å². The summed E-state index contributed by atoms with van der Waals surface area (Å²) in [6, 6.07) is 8.60. The van der Waals surface area contributed by atoms with Crippen LogP contribution >= 0.6 is 0 Å². The van der Waals surface area contributed by atoms with Crippen molar-refractivity contribution in [1.29, 1.82) is 0 Å². The van der Waals surface area contributed by atoms with E-state index in [0.29, 0.717) is 19.0 Å². The lowest BCUT2D eigenvalue weighted by Crippen LogP contribution is -2.28. The number of hydrogen-bond donors (Lipinski definition) is 0. The van der Waals surface area contributed by atoms with Gasteiger partial charge in [-0.2, -0.15) is 4.98 Å². The van der Waals surface area contributed by atoms with Crippen LogP contribution in [-0.2, 0) is 19.4 Å². The fraction of sp³-hybridized carbons (Fsp3) is 0.474. The maximum Gasteiger partial charge on any atom is 0.351 e. The molecule has 4 rings (SSSR count). The monoisotopic (exact) mass is 310 g/mol. The number of ether oxygens (including phenoxy) is 1. The van der Waals surface area contributed by atoms with E-state index in [1.165, 1.54) is 36.8 Å². The molecule has 4 nitrogen and oxygen atoms in total. The average molecular weight is 310 g/mol. The molecule has 120 valence electrons. The first-order chi connectivity index (χ1) is 11.2. The van der Waals surface area contributed by atoms with Crippen LogP contribution in [0.1, 0.15) is 37.3 Å². The molecule has 0 N–H and O–H groups in total. The Kier molecular flexibility index (Phi) is 3.68. The smallest absolute Gasteiger partial charge is 0.351 e. The summed E-state index contributed by atoms with van der Waals surface area (Å²) in [7, 11) is 0. The van der Waals surface area contributed by atoms with E-state index in [-0.39, 0.29) is 5.69 Å². The van der Waals surface area contributed by atoms with E-state index in [4.69, 9.17) is 4.74 Å². The first kappa shape index (κ1) is 14.5. The maximum absolute atomic E-state index is 12.2. The molecule has 0 spiro atoms. The van der Waals surface area contributed by atoms with Gasteiger partial charge in [-0.1, -0.05) is 31.0 Å². The molecule has 0 bridgehead atoms. The predicted molar refractivity (Wildman–Crippen MR) is 89.9 cm³/mol. The standard InChI is InChI=1S/C19H22N2O2/c1-2-23-18-12-17-16-8-7-14(6-5-13-3-4-13)11-15(16)9-10-21(17)19(22)20-18/h7-8,11-13H,2-6,9-10H2,1H3. The zero-order valence-electron chi connectivity index (χ0n) is 13.5. The Morgan fingerprint density at radius 3 is 2.96 bits per heavy atom. The van der Waals surface area contributed by atoms with Gasteiger partial charge in [0.05, 0.1) is 12.3 Å². The van der Waals surface area contributed by atoms with Crippen molar-refractivity contribution in [2.24, 2.45) is 5.92 Å². The molecule has 1 aliphatic heterocycles. The molecule has 23 heavy (non-hydrogen) atoms. The van der Waals surface area contributed by atoms with Crippen LogP contribution < -0.4 is 10.4 Å². The van der Waals surface area contributed by atoms with Crippen molar-refractivity contribution in [2.75, 3.05) is 6.61 Å². The summed E-state index contributed by atoms with van der Waals surface area (Å²) >= 11 is 0. The van der Waals surface area contributed by atoms with Crippen LogP contribution in [0.5, 0.6) is 5.88 Å². The number of fused-ring (bicyclic) bond motifs is 3. The van der Waals surface area contributed by atoms with Gasteiger partial charge in [-0.15, -0.1) is 0 Å². The second kappa shape index (κ2) is 5.84. The molecule has 2 aromatic rings. The van der Waals surface area contributed by atoms with Crippen LogP contribution in [0.2, 0.25) is 0 Å². The Morgan fingerprint density at radius 2 is 2.17 bits per heavy atom. The Hall–Kier alpha value is -2.10. The summed E-state index contributed by atoms with van der Waals surface area (Å²) in [6.45, 7) is 3.12. The third-order valence-electron chi connectivity index (χ3n) is 4.87. The van der Waals surface area contributed by atoms with Crippen molar-refractivity contribution in [3.8, 4) is 17.1 Å². The molecule has 0 unspecified atom stereocenters. The second-order valence-corrected chi connectivity index (χ2v) is 6.57. The first-order valence-electron chi connectivity index (χ1n) is 8.61. The van der Waals surface area contributed by atoms with Crippen molar-refractivity contribution in [3.05, 3.63) is 45.9 Å². The Labute approximate surface area is 136 Å². The summed E-state index contributed by atoms with van der Waals surface area (Å²) in [5.41, 5.74) is 4.63. The van der Waals surface area contributed by atoms with Crippen LogP contribution in [0.15, 0.2) is 29.1 Å². The molecular weight excluding hydrogens is 288 g/mol. The predicted octanol–water partition coefficient (Wildman–Crippen LogP) is 3.21. The largest absolute Gasteiger partial charge is 0.478 e. The zero-order valence-corrected chi connectivity index (χ0v) is 13.5. The molecule has 1 aromatic heterocycles. The van der Waals surface area contributed by atoms with Gasteiger partial charge in [0.2, 0.25) is 5.88 Å². The molecule has 0 saturated heterocycles. The SMILES string of the molecule is CCOc1cc2n(c(=O)n1)CCc1cc(CCC3CC3)ccc1-2. The Balaban J connectivity index is 1.69. The van der Waals surface area contributed by atoms with Crippen molar-refractivity contribution in [2.45, 2.75) is 45.6 Å². The number of hydrogen-bond acceptors (Lipinski definition) is 3. The van der Waals surface area contributed by atoms with Gasteiger partial charge in [0.25, 0.3) is 0 Å². The van der Waals surface area contributed by atoms with E-state index < -0.39 is 0 Å². The van der Waals surface area contributed by atoms with Crippen molar-refractivity contribution >= 4 is 0 Å². The lowest BCUT2D eigenvalue weighted by atomic mass is 9.94. The van der Waals surface area contributed by atoms with Gasteiger partial charge in [-0.05, 0) is 43.2 Å². The first-order valence-corrected chi connectivity index (χ1v) is 8.61. The van der Waals surface area contributed by atoms with Gasteiger partial charge in [0, 0.05) is 18.2 Å². The molecular formula is C19H22N2O2. The quantitative estimate of drug-likeness (QED) is 0.852. The average Bonchev–Trinajstić information content (AvgIpc) is 3.37. The van der Waals surface area contributed by atoms with Gasteiger partial charge >= 0.3 is 5.69 Å². The lowest BCUT2D eigenvalue weighted by Gasteiger charge is -2.22. The minimum absolute atomic E-state index is 0.214. The number of rotatable bonds is 5. The molecule has 1 aliphatic carbocycles. The molecule has 1 fully saturated rings. The molecule has 0 amide bonds. The van der Waals surface area contributed by atoms with E-state index in [1.54, 1.807) is 4.57 Å². The number of aromatic nitrogens is 2. The third kappa shape index (κ3) is 2.90. The number of aryl methyl sites for hydroxylation is 2. The fourth-order valence-electron chi connectivity index (χ4n) is 3.41. The van der Waals surface area contributed by atoms with Crippen LogP contribution in [0.3, 0.4) is 0 Å². The summed E-state index contributed by atoms with van der Waals surface area (Å²) in [5, 5.41) is 0. The van der Waals surface area contributed by atoms with Crippen molar-refractivity contribution < 1.29 is 4.74 Å². The van der Waals surface area contributed by atoms with Gasteiger partial charge < -0.3 is 4.74 Å². The summed E-state index contributed by atoms with van der Waals surface area (Å²) in [5.74, 6) is 1.39. The number of nitrogens with zero attached hydrogens (tertiary/aromatic N) is 2. The maximum atomic E-state index is 12.2. The van der Waals surface area contributed by atoms with E-state index >= 15 is 0 Å². The van der Waals surface area contributed by atoms with Gasteiger partial charge in [0.1, 0.15) is 0 Å².